The quantitative estimate of drug-likeness (QED) is 0.796. The van der Waals surface area contributed by atoms with Crippen LogP contribution in [-0.2, 0) is 0 Å². The predicted molar refractivity (Wildman–Crippen MR) is 107 cm³/mol. The van der Waals surface area contributed by atoms with E-state index < -0.39 is 0 Å². The summed E-state index contributed by atoms with van der Waals surface area (Å²) < 4.78 is 0. The Hall–Kier alpha value is -2.49. The molecule has 0 atom stereocenters. The summed E-state index contributed by atoms with van der Waals surface area (Å²) in [5.41, 5.74) is 1.19. The number of rotatable bonds is 4. The van der Waals surface area contributed by atoms with Gasteiger partial charge in [-0.05, 0) is 49.1 Å². The minimum absolute atomic E-state index is 0.271. The molecule has 8 heteroatoms. The Kier molecular flexibility index (Phi) is 6.38. The first kappa shape index (κ1) is 19.3. The number of piperidine rings is 1. The van der Waals surface area contributed by atoms with Crippen LogP contribution in [0.15, 0.2) is 36.5 Å². The van der Waals surface area contributed by atoms with Crippen molar-refractivity contribution in [1.82, 2.24) is 10.3 Å². The zero-order valence-corrected chi connectivity index (χ0v) is 16.1. The van der Waals surface area contributed by atoms with E-state index in [1.165, 1.54) is 0 Å². The molecule has 2 amide bonds. The number of urea groups is 1. The third kappa shape index (κ3) is 5.03. The summed E-state index contributed by atoms with van der Waals surface area (Å²) in [7, 11) is 0. The Morgan fingerprint density at radius 3 is 2.74 bits per heavy atom. The number of halogens is 2. The van der Waals surface area contributed by atoms with Gasteiger partial charge in [-0.3, -0.25) is 0 Å². The lowest BCUT2D eigenvalue weighted by Crippen LogP contribution is -2.40. The van der Waals surface area contributed by atoms with Crippen LogP contribution in [0.5, 0.6) is 0 Å². The molecule has 0 bridgehead atoms. The third-order valence-corrected chi connectivity index (χ3v) is 5.29. The number of pyridine rings is 1. The van der Waals surface area contributed by atoms with Crippen LogP contribution in [0.1, 0.15) is 18.4 Å². The largest absolute Gasteiger partial charge is 0.356 e. The monoisotopic (exact) mass is 403 g/mol. The fourth-order valence-corrected chi connectivity index (χ4v) is 3.37. The highest BCUT2D eigenvalue weighted by atomic mass is 35.5. The Balaban J connectivity index is 1.46. The molecule has 0 radical (unpaired) electrons. The number of nitrogens with zero attached hydrogens (tertiary/aromatic N) is 3. The molecule has 1 fully saturated rings. The van der Waals surface area contributed by atoms with Crippen molar-refractivity contribution in [3.8, 4) is 6.07 Å². The van der Waals surface area contributed by atoms with E-state index in [9.17, 15) is 10.1 Å². The van der Waals surface area contributed by atoms with E-state index in [1.54, 1.807) is 36.5 Å². The SMILES string of the molecule is N#Cc1cccnc1N1CCC(CNC(=O)Nc2ccc(Cl)c(Cl)c2)CC1. The molecule has 1 aromatic carbocycles. The van der Waals surface area contributed by atoms with Crippen molar-refractivity contribution in [3.63, 3.8) is 0 Å². The molecular weight excluding hydrogens is 385 g/mol. The smallest absolute Gasteiger partial charge is 0.319 e. The van der Waals surface area contributed by atoms with Crippen molar-refractivity contribution in [2.24, 2.45) is 5.92 Å². The maximum atomic E-state index is 12.1. The topological polar surface area (TPSA) is 81.1 Å². The predicted octanol–water partition coefficient (Wildman–Crippen LogP) is 4.30. The molecule has 1 aliphatic rings. The van der Waals surface area contributed by atoms with E-state index in [0.29, 0.717) is 33.8 Å². The van der Waals surface area contributed by atoms with Gasteiger partial charge in [0.1, 0.15) is 11.9 Å². The number of hydrogen-bond donors (Lipinski definition) is 2. The van der Waals surface area contributed by atoms with Crippen LogP contribution >= 0.6 is 23.2 Å². The Bertz CT molecular complexity index is 859. The summed E-state index contributed by atoms with van der Waals surface area (Å²) >= 11 is 11.8. The first-order valence-corrected chi connectivity index (χ1v) is 9.42. The van der Waals surface area contributed by atoms with Crippen LogP contribution in [0.25, 0.3) is 0 Å². The number of carbonyl (C=O) groups excluding carboxylic acids is 1. The molecule has 3 rings (SSSR count). The van der Waals surface area contributed by atoms with Crippen molar-refractivity contribution in [2.45, 2.75) is 12.8 Å². The Labute approximate surface area is 168 Å². The minimum atomic E-state index is -0.271. The van der Waals surface area contributed by atoms with E-state index in [2.05, 4.69) is 26.6 Å². The summed E-state index contributed by atoms with van der Waals surface area (Å²) in [6, 6.07) is 10.4. The number of carbonyl (C=O) groups is 1. The lowest BCUT2D eigenvalue weighted by Gasteiger charge is -2.33. The molecule has 1 saturated heterocycles. The molecule has 6 nitrogen and oxygen atoms in total. The highest BCUT2D eigenvalue weighted by molar-refractivity contribution is 6.42. The molecule has 2 heterocycles. The summed E-state index contributed by atoms with van der Waals surface area (Å²) in [6.45, 7) is 2.22. The van der Waals surface area contributed by atoms with E-state index in [0.717, 1.165) is 31.7 Å². The minimum Gasteiger partial charge on any atom is -0.356 e. The number of benzene rings is 1. The molecule has 0 spiro atoms. The van der Waals surface area contributed by atoms with Gasteiger partial charge in [-0.2, -0.15) is 5.26 Å². The van der Waals surface area contributed by atoms with Gasteiger partial charge in [0.2, 0.25) is 0 Å². The molecule has 2 N–H and O–H groups in total. The van der Waals surface area contributed by atoms with Gasteiger partial charge >= 0.3 is 6.03 Å². The molecule has 2 aromatic rings. The summed E-state index contributed by atoms with van der Waals surface area (Å²) in [4.78, 5) is 18.5. The van der Waals surface area contributed by atoms with Gasteiger partial charge in [0.25, 0.3) is 0 Å². The standard InChI is InChI=1S/C19H19Cl2N5O/c20-16-4-3-15(10-17(16)21)25-19(27)24-12-13-5-8-26(9-6-13)18-14(11-22)2-1-7-23-18/h1-4,7,10,13H,5-6,8-9,12H2,(H2,24,25,27). The highest BCUT2D eigenvalue weighted by Gasteiger charge is 2.22. The first-order valence-electron chi connectivity index (χ1n) is 8.67. The number of hydrogen-bond acceptors (Lipinski definition) is 4. The van der Waals surface area contributed by atoms with Gasteiger partial charge in [-0.25, -0.2) is 9.78 Å². The second kappa shape index (κ2) is 8.94. The van der Waals surface area contributed by atoms with Crippen molar-refractivity contribution >= 4 is 40.7 Å². The Morgan fingerprint density at radius 1 is 1.26 bits per heavy atom. The second-order valence-electron chi connectivity index (χ2n) is 6.38. The number of nitrogens with one attached hydrogen (secondary N) is 2. The van der Waals surface area contributed by atoms with Crippen molar-refractivity contribution in [1.29, 1.82) is 5.26 Å². The summed E-state index contributed by atoms with van der Waals surface area (Å²) in [6.07, 6.45) is 3.56. The third-order valence-electron chi connectivity index (χ3n) is 4.55. The first-order chi connectivity index (χ1) is 13.1. The van der Waals surface area contributed by atoms with Gasteiger partial charge in [-0.1, -0.05) is 23.2 Å². The van der Waals surface area contributed by atoms with Gasteiger partial charge in [0.05, 0.1) is 15.6 Å². The van der Waals surface area contributed by atoms with Crippen LogP contribution < -0.4 is 15.5 Å². The lowest BCUT2D eigenvalue weighted by molar-refractivity contribution is 0.248. The normalized spacial score (nSPS) is 14.5. The molecule has 0 aliphatic carbocycles. The maximum absolute atomic E-state index is 12.1. The van der Waals surface area contributed by atoms with E-state index >= 15 is 0 Å². The van der Waals surface area contributed by atoms with E-state index in [-0.39, 0.29) is 6.03 Å². The van der Waals surface area contributed by atoms with Crippen molar-refractivity contribution in [3.05, 3.63) is 52.1 Å². The van der Waals surface area contributed by atoms with Crippen LogP contribution in [0.2, 0.25) is 10.0 Å². The van der Waals surface area contributed by atoms with Crippen LogP contribution in [-0.4, -0.2) is 30.6 Å². The molecular formula is C19H19Cl2N5O. The van der Waals surface area contributed by atoms with Crippen molar-refractivity contribution < 1.29 is 4.79 Å². The fraction of sp³-hybridized carbons (Fsp3) is 0.316. The summed E-state index contributed by atoms with van der Waals surface area (Å²) in [5, 5.41) is 15.7. The van der Waals surface area contributed by atoms with E-state index in [4.69, 9.17) is 23.2 Å². The van der Waals surface area contributed by atoms with Crippen molar-refractivity contribution in [2.75, 3.05) is 29.9 Å². The zero-order chi connectivity index (χ0) is 19.2. The highest BCUT2D eigenvalue weighted by Crippen LogP contribution is 2.25. The van der Waals surface area contributed by atoms with Gasteiger partial charge in [-0.15, -0.1) is 0 Å². The maximum Gasteiger partial charge on any atom is 0.319 e. The molecule has 140 valence electrons. The Morgan fingerprint density at radius 2 is 2.04 bits per heavy atom. The molecule has 1 aromatic heterocycles. The average Bonchev–Trinajstić information content (AvgIpc) is 2.69. The fourth-order valence-electron chi connectivity index (χ4n) is 3.07. The molecule has 0 unspecified atom stereocenters. The molecule has 27 heavy (non-hydrogen) atoms. The van der Waals surface area contributed by atoms with Crippen LogP contribution in [0, 0.1) is 17.2 Å². The molecule has 0 saturated carbocycles. The summed E-state index contributed by atoms with van der Waals surface area (Å²) in [5.74, 6) is 1.12. The van der Waals surface area contributed by atoms with Gasteiger partial charge in [0, 0.05) is 31.5 Å². The average molecular weight is 404 g/mol. The van der Waals surface area contributed by atoms with Crippen LogP contribution in [0.4, 0.5) is 16.3 Å². The number of anilines is 2. The number of nitriles is 1. The second-order valence-corrected chi connectivity index (χ2v) is 7.20. The van der Waals surface area contributed by atoms with Gasteiger partial charge in [0.15, 0.2) is 0 Å². The van der Waals surface area contributed by atoms with Crippen LogP contribution in [0.3, 0.4) is 0 Å². The number of aromatic nitrogens is 1. The number of amides is 2. The lowest BCUT2D eigenvalue weighted by atomic mass is 9.96. The zero-order valence-electron chi connectivity index (χ0n) is 14.6. The van der Waals surface area contributed by atoms with Gasteiger partial charge < -0.3 is 15.5 Å². The van der Waals surface area contributed by atoms with E-state index in [1.807, 2.05) is 0 Å². The molecule has 1 aliphatic heterocycles.